The number of hydrazine groups is 1. The van der Waals surface area contributed by atoms with Crippen molar-refractivity contribution in [2.24, 2.45) is 0 Å². The third-order valence-electron chi connectivity index (χ3n) is 3.83. The second-order valence-electron chi connectivity index (χ2n) is 6.10. The van der Waals surface area contributed by atoms with E-state index in [1.165, 1.54) is 39.4 Å². The van der Waals surface area contributed by atoms with Gasteiger partial charge in [0.15, 0.2) is 16.6 Å². The maximum Gasteiger partial charge on any atom is 0.269 e. The fourth-order valence-corrected chi connectivity index (χ4v) is 2.56. The van der Waals surface area contributed by atoms with Gasteiger partial charge in [0.2, 0.25) is 11.8 Å². The molecule has 3 amide bonds. The summed E-state index contributed by atoms with van der Waals surface area (Å²) in [7, 11) is 3.06. The predicted octanol–water partition coefficient (Wildman–Crippen LogP) is 2.01. The Morgan fingerprint density at radius 2 is 1.61 bits per heavy atom. The number of nitrogens with one attached hydrogen (secondary N) is 4. The number of amides is 3. The first-order valence-corrected chi connectivity index (χ1v) is 9.42. The summed E-state index contributed by atoms with van der Waals surface area (Å²) in [6.45, 7) is 1.39. The molecule has 0 saturated heterocycles. The van der Waals surface area contributed by atoms with Crippen molar-refractivity contribution in [3.63, 3.8) is 0 Å². The van der Waals surface area contributed by atoms with E-state index in [-0.39, 0.29) is 11.0 Å². The molecule has 0 heterocycles. The molecule has 0 unspecified atom stereocenters. The van der Waals surface area contributed by atoms with Gasteiger partial charge in [0.25, 0.3) is 5.91 Å². The van der Waals surface area contributed by atoms with Crippen LogP contribution in [0.4, 0.5) is 5.69 Å². The second-order valence-corrected chi connectivity index (χ2v) is 6.51. The van der Waals surface area contributed by atoms with Crippen LogP contribution in [0.2, 0.25) is 0 Å². The Kier molecular flexibility index (Phi) is 8.52. The number of ether oxygens (including phenoxy) is 2. The fraction of sp³-hybridized carbons (Fsp3) is 0.143. The SMILES string of the molecule is COc1ccc(C=CC(=O)NC(=S)NNC(=O)c2ccc(NC(C)=O)cc2)cc1OC. The molecule has 0 aliphatic heterocycles. The van der Waals surface area contributed by atoms with Crippen molar-refractivity contribution in [2.75, 3.05) is 19.5 Å². The highest BCUT2D eigenvalue weighted by molar-refractivity contribution is 7.80. The topological polar surface area (TPSA) is 118 Å². The monoisotopic (exact) mass is 442 g/mol. The third-order valence-corrected chi connectivity index (χ3v) is 4.03. The summed E-state index contributed by atoms with van der Waals surface area (Å²) < 4.78 is 10.4. The van der Waals surface area contributed by atoms with E-state index < -0.39 is 11.8 Å². The van der Waals surface area contributed by atoms with Crippen LogP contribution in [0.1, 0.15) is 22.8 Å². The minimum absolute atomic E-state index is 0.0785. The molecule has 0 spiro atoms. The van der Waals surface area contributed by atoms with Gasteiger partial charge in [-0.25, -0.2) is 0 Å². The number of anilines is 1. The molecule has 0 bridgehead atoms. The van der Waals surface area contributed by atoms with Crippen LogP contribution in [0.5, 0.6) is 11.5 Å². The highest BCUT2D eigenvalue weighted by Gasteiger charge is 2.08. The van der Waals surface area contributed by atoms with Gasteiger partial charge in [0.1, 0.15) is 0 Å². The number of benzene rings is 2. The molecule has 0 radical (unpaired) electrons. The summed E-state index contributed by atoms with van der Waals surface area (Å²) in [4.78, 5) is 35.2. The van der Waals surface area contributed by atoms with Gasteiger partial charge in [-0.3, -0.25) is 30.6 Å². The molecular formula is C21H22N4O5S. The lowest BCUT2D eigenvalue weighted by Crippen LogP contribution is -2.48. The maximum absolute atomic E-state index is 12.1. The average Bonchev–Trinajstić information content (AvgIpc) is 2.75. The molecule has 9 nitrogen and oxygen atoms in total. The quantitative estimate of drug-likeness (QED) is 0.307. The van der Waals surface area contributed by atoms with Gasteiger partial charge < -0.3 is 14.8 Å². The smallest absolute Gasteiger partial charge is 0.269 e. The number of hydrogen-bond acceptors (Lipinski definition) is 6. The zero-order valence-corrected chi connectivity index (χ0v) is 18.0. The number of carbonyl (C=O) groups is 3. The molecule has 0 aliphatic carbocycles. The van der Waals surface area contributed by atoms with E-state index in [1.807, 2.05) is 0 Å². The van der Waals surface area contributed by atoms with Gasteiger partial charge in [0, 0.05) is 24.3 Å². The fourth-order valence-electron chi connectivity index (χ4n) is 2.41. The molecule has 162 valence electrons. The van der Waals surface area contributed by atoms with Gasteiger partial charge in [0.05, 0.1) is 14.2 Å². The van der Waals surface area contributed by atoms with Crippen molar-refractivity contribution in [3.8, 4) is 11.5 Å². The highest BCUT2D eigenvalue weighted by Crippen LogP contribution is 2.27. The van der Waals surface area contributed by atoms with Gasteiger partial charge in [-0.2, -0.15) is 0 Å². The van der Waals surface area contributed by atoms with Crippen LogP contribution in [-0.2, 0) is 9.59 Å². The first-order valence-electron chi connectivity index (χ1n) is 9.01. The van der Waals surface area contributed by atoms with Crippen molar-refractivity contribution in [1.82, 2.24) is 16.2 Å². The van der Waals surface area contributed by atoms with Crippen molar-refractivity contribution in [3.05, 3.63) is 59.7 Å². The van der Waals surface area contributed by atoms with E-state index in [4.69, 9.17) is 21.7 Å². The Morgan fingerprint density at radius 3 is 2.23 bits per heavy atom. The lowest BCUT2D eigenvalue weighted by Gasteiger charge is -2.10. The zero-order chi connectivity index (χ0) is 22.8. The average molecular weight is 442 g/mol. The summed E-state index contributed by atoms with van der Waals surface area (Å²) in [5.41, 5.74) is 6.46. The highest BCUT2D eigenvalue weighted by atomic mass is 32.1. The summed E-state index contributed by atoms with van der Waals surface area (Å²) in [6.07, 6.45) is 2.87. The Balaban J connectivity index is 1.84. The largest absolute Gasteiger partial charge is 0.493 e. The number of rotatable bonds is 6. The molecule has 10 heteroatoms. The molecule has 2 rings (SSSR count). The van der Waals surface area contributed by atoms with Gasteiger partial charge in [-0.05, 0) is 60.3 Å². The van der Waals surface area contributed by atoms with Crippen LogP contribution in [0.15, 0.2) is 48.5 Å². The molecule has 2 aromatic carbocycles. The van der Waals surface area contributed by atoms with E-state index in [2.05, 4.69) is 21.5 Å². The van der Waals surface area contributed by atoms with E-state index >= 15 is 0 Å². The standard InChI is InChI=1S/C21H22N4O5S/c1-13(26)22-16-8-6-15(7-9-16)20(28)24-25-21(31)23-19(27)11-5-14-4-10-17(29-2)18(12-14)30-3/h4-12H,1-3H3,(H,22,26)(H,24,28)(H2,23,25,27,31). The van der Waals surface area contributed by atoms with Crippen LogP contribution in [-0.4, -0.2) is 37.1 Å². The molecule has 0 atom stereocenters. The molecular weight excluding hydrogens is 420 g/mol. The lowest BCUT2D eigenvalue weighted by molar-refractivity contribution is -0.115. The summed E-state index contributed by atoms with van der Waals surface area (Å²) in [5, 5.41) is 4.94. The second kappa shape index (κ2) is 11.3. The minimum atomic E-state index is -0.485. The number of hydrogen-bond donors (Lipinski definition) is 4. The van der Waals surface area contributed by atoms with Crippen molar-refractivity contribution in [2.45, 2.75) is 6.92 Å². The predicted molar refractivity (Wildman–Crippen MR) is 121 cm³/mol. The summed E-state index contributed by atoms with van der Waals surface area (Å²) in [5.74, 6) is -0.0433. The van der Waals surface area contributed by atoms with E-state index in [0.29, 0.717) is 22.7 Å². The number of thiocarbonyl (C=S) groups is 1. The first-order chi connectivity index (χ1) is 14.8. The van der Waals surface area contributed by atoms with Crippen molar-refractivity contribution >= 4 is 46.8 Å². The Morgan fingerprint density at radius 1 is 0.935 bits per heavy atom. The Labute approximate surface area is 184 Å². The summed E-state index contributed by atoms with van der Waals surface area (Å²) in [6, 6.07) is 11.5. The maximum atomic E-state index is 12.1. The van der Waals surface area contributed by atoms with Crippen LogP contribution in [0, 0.1) is 0 Å². The van der Waals surface area contributed by atoms with E-state index in [9.17, 15) is 14.4 Å². The minimum Gasteiger partial charge on any atom is -0.493 e. The summed E-state index contributed by atoms with van der Waals surface area (Å²) >= 11 is 4.99. The Bertz CT molecular complexity index is 1010. The molecule has 31 heavy (non-hydrogen) atoms. The number of carbonyl (C=O) groups excluding carboxylic acids is 3. The third kappa shape index (κ3) is 7.44. The van der Waals surface area contributed by atoms with Crippen LogP contribution >= 0.6 is 12.2 Å². The normalized spacial score (nSPS) is 10.2. The Hall–Kier alpha value is -3.92. The molecule has 4 N–H and O–H groups in total. The van der Waals surface area contributed by atoms with Crippen molar-refractivity contribution in [1.29, 1.82) is 0 Å². The van der Waals surface area contributed by atoms with Gasteiger partial charge in [-0.15, -0.1) is 0 Å². The molecule has 0 aromatic heterocycles. The van der Waals surface area contributed by atoms with Gasteiger partial charge >= 0.3 is 0 Å². The molecule has 0 fully saturated rings. The molecule has 0 aliphatic rings. The van der Waals surface area contributed by atoms with E-state index in [1.54, 1.807) is 36.4 Å². The van der Waals surface area contributed by atoms with Crippen LogP contribution in [0.25, 0.3) is 6.08 Å². The molecule has 0 saturated carbocycles. The first kappa shape index (κ1) is 23.4. The van der Waals surface area contributed by atoms with Crippen LogP contribution in [0.3, 0.4) is 0 Å². The number of methoxy groups -OCH3 is 2. The van der Waals surface area contributed by atoms with Crippen molar-refractivity contribution < 1.29 is 23.9 Å². The van der Waals surface area contributed by atoms with Crippen LogP contribution < -0.4 is 31.0 Å². The lowest BCUT2D eigenvalue weighted by atomic mass is 10.2. The zero-order valence-electron chi connectivity index (χ0n) is 17.1. The van der Waals surface area contributed by atoms with E-state index in [0.717, 1.165) is 5.56 Å². The molecule has 2 aromatic rings. The van der Waals surface area contributed by atoms with Gasteiger partial charge in [-0.1, -0.05) is 6.07 Å².